The molecular weight excluding hydrogens is 199 g/mol. The van der Waals surface area contributed by atoms with Gasteiger partial charge in [0, 0.05) is 5.56 Å². The molecule has 1 aromatic carbocycles. The van der Waals surface area contributed by atoms with E-state index in [-0.39, 0.29) is 11.3 Å². The van der Waals surface area contributed by atoms with Gasteiger partial charge in [-0.15, -0.1) is 0 Å². The summed E-state index contributed by atoms with van der Waals surface area (Å²) in [4.78, 5) is 21.9. The Morgan fingerprint density at radius 2 is 1.87 bits per heavy atom. The molecular formula is C10H7FN2O2. The molecule has 2 rings (SSSR count). The van der Waals surface area contributed by atoms with Gasteiger partial charge in [0.1, 0.15) is 11.5 Å². The van der Waals surface area contributed by atoms with Crippen molar-refractivity contribution in [1.82, 2.24) is 10.6 Å². The average molecular weight is 206 g/mol. The highest BCUT2D eigenvalue weighted by Gasteiger charge is 2.22. The van der Waals surface area contributed by atoms with Gasteiger partial charge < -0.3 is 5.32 Å². The zero-order chi connectivity index (χ0) is 10.8. The number of hydrogen-bond acceptors (Lipinski definition) is 2. The lowest BCUT2D eigenvalue weighted by atomic mass is 10.2. The minimum Gasteiger partial charge on any atom is -0.303 e. The number of nitrogens with one attached hydrogen (secondary N) is 2. The molecule has 1 aliphatic rings. The molecule has 5 heteroatoms. The van der Waals surface area contributed by atoms with Crippen LogP contribution in [-0.4, -0.2) is 11.9 Å². The van der Waals surface area contributed by atoms with Crippen LogP contribution in [0.15, 0.2) is 30.0 Å². The summed E-state index contributed by atoms with van der Waals surface area (Å²) in [5.41, 5.74) is 0.301. The Morgan fingerprint density at radius 1 is 1.13 bits per heavy atom. The highest BCUT2D eigenvalue weighted by Crippen LogP contribution is 2.11. The number of benzene rings is 1. The molecule has 1 heterocycles. The molecule has 2 N–H and O–H groups in total. The standard InChI is InChI=1S/C10H7FN2O2/c11-7-4-2-1-3-6(7)5-8-9(14)13-10(15)12-8/h1-5H,(H2,12,13,14,15)/b8-5-. The number of carbonyl (C=O) groups is 2. The van der Waals surface area contributed by atoms with Crippen LogP contribution >= 0.6 is 0 Å². The van der Waals surface area contributed by atoms with Gasteiger partial charge in [0.05, 0.1) is 0 Å². The van der Waals surface area contributed by atoms with Gasteiger partial charge in [0.25, 0.3) is 5.91 Å². The van der Waals surface area contributed by atoms with Crippen molar-refractivity contribution in [2.45, 2.75) is 0 Å². The Labute approximate surface area is 84.8 Å². The van der Waals surface area contributed by atoms with Crippen molar-refractivity contribution in [2.75, 3.05) is 0 Å². The molecule has 0 unspecified atom stereocenters. The number of halogens is 1. The molecule has 0 aromatic heterocycles. The minimum atomic E-state index is -0.595. The zero-order valence-corrected chi connectivity index (χ0v) is 7.58. The van der Waals surface area contributed by atoms with Crippen LogP contribution in [-0.2, 0) is 4.79 Å². The van der Waals surface area contributed by atoms with Crippen molar-refractivity contribution < 1.29 is 14.0 Å². The van der Waals surface area contributed by atoms with Crippen molar-refractivity contribution in [2.24, 2.45) is 0 Å². The van der Waals surface area contributed by atoms with Crippen molar-refractivity contribution in [3.05, 3.63) is 41.3 Å². The third-order valence-electron chi connectivity index (χ3n) is 1.92. The molecule has 0 spiro atoms. The predicted octanol–water partition coefficient (Wildman–Crippen LogP) is 1.01. The molecule has 0 aliphatic carbocycles. The van der Waals surface area contributed by atoms with Crippen LogP contribution in [0.3, 0.4) is 0 Å². The smallest absolute Gasteiger partial charge is 0.303 e. The van der Waals surface area contributed by atoms with E-state index >= 15 is 0 Å². The summed E-state index contributed by atoms with van der Waals surface area (Å²) in [7, 11) is 0. The van der Waals surface area contributed by atoms with Gasteiger partial charge in [-0.1, -0.05) is 18.2 Å². The topological polar surface area (TPSA) is 58.2 Å². The van der Waals surface area contributed by atoms with Crippen LogP contribution in [0.5, 0.6) is 0 Å². The maximum Gasteiger partial charge on any atom is 0.326 e. The van der Waals surface area contributed by atoms with Crippen LogP contribution in [0.1, 0.15) is 5.56 Å². The third kappa shape index (κ3) is 1.85. The van der Waals surface area contributed by atoms with Crippen LogP contribution in [0.2, 0.25) is 0 Å². The molecule has 1 aliphatic heterocycles. The Hall–Kier alpha value is -2.17. The number of urea groups is 1. The predicted molar refractivity (Wildman–Crippen MR) is 51.1 cm³/mol. The Morgan fingerprint density at radius 3 is 2.47 bits per heavy atom. The largest absolute Gasteiger partial charge is 0.326 e. The molecule has 0 radical (unpaired) electrons. The first-order valence-electron chi connectivity index (χ1n) is 4.25. The normalized spacial score (nSPS) is 17.8. The highest BCUT2D eigenvalue weighted by atomic mass is 19.1. The van der Waals surface area contributed by atoms with Gasteiger partial charge in [-0.05, 0) is 12.1 Å². The number of carbonyl (C=O) groups excluding carboxylic acids is 2. The van der Waals surface area contributed by atoms with E-state index in [2.05, 4.69) is 5.32 Å². The second-order valence-electron chi connectivity index (χ2n) is 2.99. The van der Waals surface area contributed by atoms with Gasteiger partial charge >= 0.3 is 6.03 Å². The highest BCUT2D eigenvalue weighted by molar-refractivity contribution is 6.13. The molecule has 0 atom stereocenters. The number of amides is 3. The Bertz CT molecular complexity index is 468. The second-order valence-corrected chi connectivity index (χ2v) is 2.99. The van der Waals surface area contributed by atoms with Crippen LogP contribution in [0.4, 0.5) is 9.18 Å². The van der Waals surface area contributed by atoms with Gasteiger partial charge in [-0.3, -0.25) is 10.1 Å². The van der Waals surface area contributed by atoms with E-state index in [9.17, 15) is 14.0 Å². The minimum absolute atomic E-state index is 0.0464. The van der Waals surface area contributed by atoms with E-state index in [4.69, 9.17) is 0 Å². The number of rotatable bonds is 1. The monoisotopic (exact) mass is 206 g/mol. The summed E-state index contributed by atoms with van der Waals surface area (Å²) in [5, 5.41) is 4.30. The molecule has 3 amide bonds. The fourth-order valence-electron chi connectivity index (χ4n) is 1.23. The van der Waals surface area contributed by atoms with Gasteiger partial charge in [-0.2, -0.15) is 0 Å². The maximum atomic E-state index is 13.2. The van der Waals surface area contributed by atoms with Crippen molar-refractivity contribution >= 4 is 18.0 Å². The molecule has 0 bridgehead atoms. The van der Waals surface area contributed by atoms with Crippen molar-refractivity contribution in [3.63, 3.8) is 0 Å². The fourth-order valence-corrected chi connectivity index (χ4v) is 1.23. The van der Waals surface area contributed by atoms with Crippen LogP contribution in [0.25, 0.3) is 6.08 Å². The number of imide groups is 1. The van der Waals surface area contributed by atoms with Crippen molar-refractivity contribution in [1.29, 1.82) is 0 Å². The average Bonchev–Trinajstić information content (AvgIpc) is 2.49. The summed E-state index contributed by atoms with van der Waals surface area (Å²) in [6.07, 6.45) is 1.29. The van der Waals surface area contributed by atoms with Crippen LogP contribution < -0.4 is 10.6 Å². The SMILES string of the molecule is O=C1NC(=O)/C(=C/c2ccccc2F)N1. The summed E-state index contributed by atoms with van der Waals surface area (Å²) in [6.45, 7) is 0. The van der Waals surface area contributed by atoms with E-state index in [0.29, 0.717) is 0 Å². The quantitative estimate of drug-likeness (QED) is 0.532. The van der Waals surface area contributed by atoms with Crippen LogP contribution in [0, 0.1) is 5.82 Å². The Balaban J connectivity index is 2.35. The Kier molecular flexibility index (Phi) is 2.21. The molecule has 15 heavy (non-hydrogen) atoms. The first-order valence-corrected chi connectivity index (χ1v) is 4.25. The first-order chi connectivity index (χ1) is 7.16. The first kappa shape index (κ1) is 9.39. The van der Waals surface area contributed by atoms with Gasteiger partial charge in [0.15, 0.2) is 0 Å². The third-order valence-corrected chi connectivity index (χ3v) is 1.92. The molecule has 0 saturated carbocycles. The zero-order valence-electron chi connectivity index (χ0n) is 7.58. The van der Waals surface area contributed by atoms with Gasteiger partial charge in [0.2, 0.25) is 0 Å². The van der Waals surface area contributed by atoms with E-state index in [1.807, 2.05) is 5.32 Å². The van der Waals surface area contributed by atoms with Crippen molar-refractivity contribution in [3.8, 4) is 0 Å². The number of hydrogen-bond donors (Lipinski definition) is 2. The molecule has 1 fully saturated rings. The maximum absolute atomic E-state index is 13.2. The lowest BCUT2D eigenvalue weighted by molar-refractivity contribution is -0.115. The van der Waals surface area contributed by atoms with E-state index < -0.39 is 17.8 Å². The molecule has 1 aromatic rings. The fraction of sp³-hybridized carbons (Fsp3) is 0. The molecule has 1 saturated heterocycles. The summed E-state index contributed by atoms with van der Waals surface area (Å²) >= 11 is 0. The molecule has 76 valence electrons. The lowest BCUT2D eigenvalue weighted by Crippen LogP contribution is -2.22. The molecule has 4 nitrogen and oxygen atoms in total. The van der Waals surface area contributed by atoms with E-state index in [1.165, 1.54) is 18.2 Å². The summed E-state index contributed by atoms with van der Waals surface area (Å²) in [6, 6.07) is 5.39. The summed E-state index contributed by atoms with van der Waals surface area (Å²) < 4.78 is 13.2. The van der Waals surface area contributed by atoms with Gasteiger partial charge in [-0.25, -0.2) is 9.18 Å². The van der Waals surface area contributed by atoms with E-state index in [0.717, 1.165) is 0 Å². The second kappa shape index (κ2) is 3.53. The summed E-state index contributed by atoms with van der Waals surface area (Å²) in [5.74, 6) is -0.998. The van der Waals surface area contributed by atoms with E-state index in [1.54, 1.807) is 12.1 Å². The lowest BCUT2D eigenvalue weighted by Gasteiger charge is -1.97.